The van der Waals surface area contributed by atoms with E-state index in [2.05, 4.69) is 17.2 Å². The van der Waals surface area contributed by atoms with Gasteiger partial charge in [0.1, 0.15) is 11.4 Å². The molecule has 136 valence electrons. The molecule has 6 heteroatoms. The number of thioether (sulfide) groups is 1. The number of rotatable bonds is 4. The number of nitrogens with zero attached hydrogens (tertiary/aromatic N) is 2. The zero-order valence-electron chi connectivity index (χ0n) is 15.4. The zero-order valence-corrected chi connectivity index (χ0v) is 16.2. The van der Waals surface area contributed by atoms with Crippen LogP contribution >= 0.6 is 11.8 Å². The summed E-state index contributed by atoms with van der Waals surface area (Å²) in [6.45, 7) is 5.52. The highest BCUT2D eigenvalue weighted by Crippen LogP contribution is 2.27. The molecule has 1 aromatic heterocycles. The number of hydrogen-bond acceptors (Lipinski definition) is 5. The minimum atomic E-state index is -0.559. The molecule has 0 aliphatic rings. The Balaban J connectivity index is 1.77. The average Bonchev–Trinajstić information content (AvgIpc) is 3.02. The van der Waals surface area contributed by atoms with Crippen molar-refractivity contribution in [3.8, 4) is 5.75 Å². The summed E-state index contributed by atoms with van der Waals surface area (Å²) in [6, 6.07) is 14.0. The van der Waals surface area contributed by atoms with Crippen LogP contribution in [0, 0.1) is 0 Å². The molecule has 0 spiro atoms. The van der Waals surface area contributed by atoms with Gasteiger partial charge in [0.05, 0.1) is 18.8 Å². The molecule has 0 fully saturated rings. The highest BCUT2D eigenvalue weighted by molar-refractivity contribution is 7.98. The number of carbonyl (C=O) groups excluding carboxylic acids is 1. The van der Waals surface area contributed by atoms with Gasteiger partial charge in [-0.05, 0) is 50.6 Å². The van der Waals surface area contributed by atoms with E-state index in [0.717, 1.165) is 27.3 Å². The largest absolute Gasteiger partial charge is 0.497 e. The van der Waals surface area contributed by atoms with Gasteiger partial charge in [-0.2, -0.15) is 9.78 Å². The molecule has 0 saturated heterocycles. The predicted octanol–water partition coefficient (Wildman–Crippen LogP) is 5.12. The third kappa shape index (κ3) is 4.38. The lowest BCUT2D eigenvalue weighted by atomic mass is 10.2. The molecule has 5 nitrogen and oxygen atoms in total. The SMILES string of the molecule is COc1ccc(CSc2ccc3cnn(C(=O)OC(C)(C)C)c3c2)cc1. The van der Waals surface area contributed by atoms with Crippen LogP contribution in [0.2, 0.25) is 0 Å². The summed E-state index contributed by atoms with van der Waals surface area (Å²) in [5.41, 5.74) is 1.39. The van der Waals surface area contributed by atoms with Crippen molar-refractivity contribution in [3.63, 3.8) is 0 Å². The Hall–Kier alpha value is -2.47. The molecule has 0 radical (unpaired) electrons. The van der Waals surface area contributed by atoms with Crippen LogP contribution in [0.1, 0.15) is 26.3 Å². The van der Waals surface area contributed by atoms with Crippen LogP contribution in [0.3, 0.4) is 0 Å². The Kier molecular flexibility index (Phi) is 5.23. The van der Waals surface area contributed by atoms with Crippen molar-refractivity contribution in [2.45, 2.75) is 37.0 Å². The number of carbonyl (C=O) groups is 1. The third-order valence-electron chi connectivity index (χ3n) is 3.67. The van der Waals surface area contributed by atoms with Crippen LogP contribution in [0.5, 0.6) is 5.75 Å². The van der Waals surface area contributed by atoms with Crippen LogP contribution in [0.15, 0.2) is 53.6 Å². The first-order valence-corrected chi connectivity index (χ1v) is 9.31. The van der Waals surface area contributed by atoms with Crippen molar-refractivity contribution in [3.05, 3.63) is 54.2 Å². The normalized spacial score (nSPS) is 11.5. The molecular formula is C20H22N2O3S. The number of ether oxygens (including phenoxy) is 2. The van der Waals surface area contributed by atoms with Crippen molar-refractivity contribution in [1.29, 1.82) is 0 Å². The first-order valence-electron chi connectivity index (χ1n) is 8.32. The van der Waals surface area contributed by atoms with Crippen LogP contribution in [0.4, 0.5) is 4.79 Å². The maximum absolute atomic E-state index is 12.3. The van der Waals surface area contributed by atoms with Gasteiger partial charge < -0.3 is 9.47 Å². The lowest BCUT2D eigenvalue weighted by Gasteiger charge is -2.19. The molecule has 0 saturated carbocycles. The summed E-state index contributed by atoms with van der Waals surface area (Å²) in [4.78, 5) is 13.4. The Morgan fingerprint density at radius 2 is 1.88 bits per heavy atom. The summed E-state index contributed by atoms with van der Waals surface area (Å²) < 4.78 is 11.9. The number of aromatic nitrogens is 2. The fraction of sp³-hybridized carbons (Fsp3) is 0.300. The monoisotopic (exact) mass is 370 g/mol. The first kappa shape index (κ1) is 18.3. The molecule has 0 aliphatic heterocycles. The van der Waals surface area contributed by atoms with Gasteiger partial charge in [-0.15, -0.1) is 11.8 Å². The molecule has 0 bridgehead atoms. The highest BCUT2D eigenvalue weighted by atomic mass is 32.2. The molecule has 3 rings (SSSR count). The first-order chi connectivity index (χ1) is 12.4. The highest BCUT2D eigenvalue weighted by Gasteiger charge is 2.20. The molecule has 0 amide bonds. The molecule has 0 N–H and O–H groups in total. The van der Waals surface area contributed by atoms with E-state index in [4.69, 9.17) is 9.47 Å². The molecule has 1 heterocycles. The van der Waals surface area contributed by atoms with Gasteiger partial charge in [-0.25, -0.2) is 4.79 Å². The molecule has 3 aromatic rings. The Labute approximate surface area is 157 Å². The minimum absolute atomic E-state index is 0.468. The molecule has 0 atom stereocenters. The second kappa shape index (κ2) is 7.41. The lowest BCUT2D eigenvalue weighted by Crippen LogP contribution is -2.27. The number of fused-ring (bicyclic) bond motifs is 1. The standard InChI is InChI=1S/C20H22N2O3S/c1-20(2,3)25-19(23)22-18-11-17(10-7-15(18)12-21-22)26-13-14-5-8-16(24-4)9-6-14/h5-12H,13H2,1-4H3. The van der Waals surface area contributed by atoms with Crippen molar-refractivity contribution in [2.75, 3.05) is 7.11 Å². The van der Waals surface area contributed by atoms with Crippen LogP contribution in [-0.4, -0.2) is 28.6 Å². The van der Waals surface area contributed by atoms with Crippen molar-refractivity contribution in [2.24, 2.45) is 0 Å². The van der Waals surface area contributed by atoms with E-state index in [1.165, 1.54) is 10.2 Å². The summed E-state index contributed by atoms with van der Waals surface area (Å²) in [6.07, 6.45) is 1.21. The van der Waals surface area contributed by atoms with Crippen LogP contribution < -0.4 is 4.74 Å². The van der Waals surface area contributed by atoms with E-state index in [-0.39, 0.29) is 0 Å². The molecule has 26 heavy (non-hydrogen) atoms. The summed E-state index contributed by atoms with van der Waals surface area (Å²) >= 11 is 1.70. The quantitative estimate of drug-likeness (QED) is 0.597. The number of methoxy groups -OCH3 is 1. The maximum Gasteiger partial charge on any atom is 0.435 e. The van der Waals surface area contributed by atoms with Gasteiger partial charge in [0.25, 0.3) is 0 Å². The Morgan fingerprint density at radius 1 is 1.15 bits per heavy atom. The summed E-state index contributed by atoms with van der Waals surface area (Å²) in [5.74, 6) is 1.68. The van der Waals surface area contributed by atoms with Gasteiger partial charge >= 0.3 is 6.09 Å². The van der Waals surface area contributed by atoms with Crippen LogP contribution in [0.25, 0.3) is 10.9 Å². The lowest BCUT2D eigenvalue weighted by molar-refractivity contribution is 0.0522. The smallest absolute Gasteiger partial charge is 0.435 e. The van der Waals surface area contributed by atoms with Gasteiger partial charge in [0, 0.05) is 16.0 Å². The molecule has 2 aromatic carbocycles. The van der Waals surface area contributed by atoms with Gasteiger partial charge in [0.2, 0.25) is 0 Å². The van der Waals surface area contributed by atoms with Crippen molar-refractivity contribution in [1.82, 2.24) is 9.78 Å². The summed E-state index contributed by atoms with van der Waals surface area (Å²) in [5, 5.41) is 5.08. The van der Waals surface area contributed by atoms with E-state index in [9.17, 15) is 4.79 Å². The van der Waals surface area contributed by atoms with Gasteiger partial charge in [-0.3, -0.25) is 0 Å². The van der Waals surface area contributed by atoms with E-state index < -0.39 is 11.7 Å². The second-order valence-corrected chi connectivity index (χ2v) is 7.94. The summed E-state index contributed by atoms with van der Waals surface area (Å²) in [7, 11) is 1.66. The maximum atomic E-state index is 12.3. The zero-order chi connectivity index (χ0) is 18.7. The molecular weight excluding hydrogens is 348 g/mol. The van der Waals surface area contributed by atoms with E-state index in [0.29, 0.717) is 0 Å². The van der Waals surface area contributed by atoms with E-state index >= 15 is 0 Å². The topological polar surface area (TPSA) is 53.4 Å². The molecule has 0 unspecified atom stereocenters. The fourth-order valence-electron chi connectivity index (χ4n) is 2.43. The Morgan fingerprint density at radius 3 is 2.54 bits per heavy atom. The van der Waals surface area contributed by atoms with Crippen molar-refractivity contribution < 1.29 is 14.3 Å². The third-order valence-corrected chi connectivity index (χ3v) is 4.74. The van der Waals surface area contributed by atoms with E-state index in [1.54, 1.807) is 25.1 Å². The predicted molar refractivity (Wildman–Crippen MR) is 104 cm³/mol. The minimum Gasteiger partial charge on any atom is -0.497 e. The Bertz CT molecular complexity index is 911. The average molecular weight is 370 g/mol. The molecule has 0 aliphatic carbocycles. The number of benzene rings is 2. The second-order valence-electron chi connectivity index (χ2n) is 6.89. The fourth-order valence-corrected chi connectivity index (χ4v) is 3.31. The number of hydrogen-bond donors (Lipinski definition) is 0. The van der Waals surface area contributed by atoms with E-state index in [1.807, 2.05) is 51.1 Å². The van der Waals surface area contributed by atoms with Crippen molar-refractivity contribution >= 4 is 28.8 Å². The van der Waals surface area contributed by atoms with Crippen LogP contribution in [-0.2, 0) is 10.5 Å². The van der Waals surface area contributed by atoms with Gasteiger partial charge in [-0.1, -0.05) is 18.2 Å². The van der Waals surface area contributed by atoms with Gasteiger partial charge in [0.15, 0.2) is 0 Å².